The van der Waals surface area contributed by atoms with Gasteiger partial charge in [0.2, 0.25) is 6.79 Å². The average Bonchev–Trinajstić information content (AvgIpc) is 2.65. The number of hydrogen-bond acceptors (Lipinski definition) is 4. The van der Waals surface area contributed by atoms with E-state index in [1.54, 1.807) is 0 Å². The van der Waals surface area contributed by atoms with Crippen LogP contribution in [0, 0.1) is 5.82 Å². The van der Waals surface area contributed by atoms with Gasteiger partial charge in [0, 0.05) is 12.6 Å². The molecule has 1 aliphatic rings. The van der Waals surface area contributed by atoms with E-state index >= 15 is 0 Å². The van der Waals surface area contributed by atoms with E-state index in [2.05, 4.69) is 0 Å². The lowest BCUT2D eigenvalue weighted by Crippen LogP contribution is -2.14. The molecular weight excluding hydrogens is 201 g/mol. The maximum Gasteiger partial charge on any atom is 0.231 e. The van der Waals surface area contributed by atoms with Crippen molar-refractivity contribution in [3.63, 3.8) is 0 Å². The van der Waals surface area contributed by atoms with Crippen molar-refractivity contribution in [1.29, 1.82) is 0 Å². The molecule has 3 N–H and O–H groups in total. The lowest BCUT2D eigenvalue weighted by atomic mass is 10.0. The van der Waals surface area contributed by atoms with E-state index in [0.29, 0.717) is 11.5 Å². The molecule has 15 heavy (non-hydrogen) atoms. The minimum Gasteiger partial charge on any atom is -0.454 e. The van der Waals surface area contributed by atoms with Gasteiger partial charge in [-0.05, 0) is 18.6 Å². The Balaban J connectivity index is 2.40. The predicted octanol–water partition coefficient (Wildman–Crippen LogP) is 0.937. The van der Waals surface area contributed by atoms with Crippen LogP contribution in [0.4, 0.5) is 4.39 Å². The van der Waals surface area contributed by atoms with Gasteiger partial charge < -0.3 is 20.3 Å². The van der Waals surface area contributed by atoms with Gasteiger partial charge in [-0.15, -0.1) is 0 Å². The van der Waals surface area contributed by atoms with Crippen molar-refractivity contribution in [2.24, 2.45) is 5.73 Å². The Labute approximate surface area is 86.4 Å². The van der Waals surface area contributed by atoms with Crippen molar-refractivity contribution >= 4 is 0 Å². The normalized spacial score (nSPS) is 15.4. The number of fused-ring (bicyclic) bond motifs is 1. The molecule has 0 radical (unpaired) electrons. The van der Waals surface area contributed by atoms with Gasteiger partial charge in [0.15, 0.2) is 11.5 Å². The zero-order valence-electron chi connectivity index (χ0n) is 8.07. The molecule has 0 aliphatic carbocycles. The van der Waals surface area contributed by atoms with E-state index in [1.165, 1.54) is 12.1 Å². The summed E-state index contributed by atoms with van der Waals surface area (Å²) in [6.07, 6.45) is 0.288. The van der Waals surface area contributed by atoms with Gasteiger partial charge in [-0.3, -0.25) is 0 Å². The van der Waals surface area contributed by atoms with Crippen molar-refractivity contribution < 1.29 is 19.0 Å². The molecule has 82 valence electrons. The number of halogens is 1. The van der Waals surface area contributed by atoms with E-state index < -0.39 is 11.9 Å². The predicted molar refractivity (Wildman–Crippen MR) is 51.2 cm³/mol. The van der Waals surface area contributed by atoms with Gasteiger partial charge in [-0.2, -0.15) is 0 Å². The molecule has 4 nitrogen and oxygen atoms in total. The quantitative estimate of drug-likeness (QED) is 0.784. The summed E-state index contributed by atoms with van der Waals surface area (Å²) in [6.45, 7) is -0.0111. The molecule has 0 saturated carbocycles. The lowest BCUT2D eigenvalue weighted by Gasteiger charge is -2.13. The average molecular weight is 213 g/mol. The molecule has 1 aromatic carbocycles. The van der Waals surface area contributed by atoms with Crippen molar-refractivity contribution in [3.8, 4) is 11.5 Å². The molecule has 2 rings (SSSR count). The number of benzene rings is 1. The highest BCUT2D eigenvalue weighted by molar-refractivity contribution is 5.50. The highest BCUT2D eigenvalue weighted by Gasteiger charge is 2.24. The van der Waals surface area contributed by atoms with E-state index in [9.17, 15) is 4.39 Å². The summed E-state index contributed by atoms with van der Waals surface area (Å²) in [7, 11) is 0. The van der Waals surface area contributed by atoms with Crippen LogP contribution in [0.25, 0.3) is 0 Å². The van der Waals surface area contributed by atoms with Crippen LogP contribution < -0.4 is 15.2 Å². The summed E-state index contributed by atoms with van der Waals surface area (Å²) in [5.74, 6) is 0.427. The molecule has 0 saturated heterocycles. The molecule has 1 heterocycles. The van der Waals surface area contributed by atoms with Gasteiger partial charge in [-0.1, -0.05) is 0 Å². The van der Waals surface area contributed by atoms with Crippen LogP contribution in [-0.2, 0) is 0 Å². The maximum absolute atomic E-state index is 13.5. The first-order valence-electron chi connectivity index (χ1n) is 4.68. The Morgan fingerprint density at radius 3 is 3.00 bits per heavy atom. The molecule has 1 atom stereocenters. The molecule has 0 aromatic heterocycles. The van der Waals surface area contributed by atoms with Crippen LogP contribution in [0.3, 0.4) is 0 Å². The Morgan fingerprint density at radius 2 is 2.27 bits per heavy atom. The summed E-state index contributed by atoms with van der Waals surface area (Å²) in [6, 6.07) is 2.22. The largest absolute Gasteiger partial charge is 0.454 e. The van der Waals surface area contributed by atoms with Gasteiger partial charge in [0.1, 0.15) is 5.82 Å². The standard InChI is InChI=1S/C10H12FNO3/c11-6-1-2-8-10(15-5-14-8)9(6)7(12)3-4-13/h1-2,7,13H,3-5,12H2. The summed E-state index contributed by atoms with van der Waals surface area (Å²) >= 11 is 0. The highest BCUT2D eigenvalue weighted by atomic mass is 19.1. The van der Waals surface area contributed by atoms with Crippen LogP contribution in [0.15, 0.2) is 12.1 Å². The zero-order chi connectivity index (χ0) is 10.8. The topological polar surface area (TPSA) is 64.7 Å². The number of ether oxygens (including phenoxy) is 2. The second-order valence-electron chi connectivity index (χ2n) is 3.31. The third-order valence-corrected chi connectivity index (χ3v) is 2.34. The molecule has 0 fully saturated rings. The smallest absolute Gasteiger partial charge is 0.231 e. The van der Waals surface area contributed by atoms with Crippen molar-refractivity contribution in [2.45, 2.75) is 12.5 Å². The minimum absolute atomic E-state index is 0.0810. The molecule has 1 aromatic rings. The fraction of sp³-hybridized carbons (Fsp3) is 0.400. The van der Waals surface area contributed by atoms with Crippen molar-refractivity contribution in [3.05, 3.63) is 23.5 Å². The van der Waals surface area contributed by atoms with Crippen molar-refractivity contribution in [2.75, 3.05) is 13.4 Å². The molecular formula is C10H12FNO3. The van der Waals surface area contributed by atoms with E-state index in [1.807, 2.05) is 0 Å². The fourth-order valence-corrected chi connectivity index (χ4v) is 1.60. The molecule has 5 heteroatoms. The molecule has 0 spiro atoms. The van der Waals surface area contributed by atoms with Crippen LogP contribution in [0.2, 0.25) is 0 Å². The van der Waals surface area contributed by atoms with Gasteiger partial charge in [0.25, 0.3) is 0 Å². The second kappa shape index (κ2) is 4.04. The Kier molecular flexibility index (Phi) is 2.75. The maximum atomic E-state index is 13.5. The minimum atomic E-state index is -0.577. The SMILES string of the molecule is NC(CCO)c1c(F)ccc2c1OCO2. The fourth-order valence-electron chi connectivity index (χ4n) is 1.60. The third kappa shape index (κ3) is 1.75. The first-order valence-corrected chi connectivity index (χ1v) is 4.68. The third-order valence-electron chi connectivity index (χ3n) is 2.34. The summed E-state index contributed by atoms with van der Waals surface area (Å²) < 4.78 is 23.8. The zero-order valence-corrected chi connectivity index (χ0v) is 8.07. The van der Waals surface area contributed by atoms with Gasteiger partial charge in [-0.25, -0.2) is 4.39 Å². The highest BCUT2D eigenvalue weighted by Crippen LogP contribution is 2.40. The Morgan fingerprint density at radius 1 is 1.47 bits per heavy atom. The van der Waals surface area contributed by atoms with E-state index in [-0.39, 0.29) is 25.4 Å². The van der Waals surface area contributed by atoms with E-state index in [0.717, 1.165) is 0 Å². The second-order valence-corrected chi connectivity index (χ2v) is 3.31. The summed E-state index contributed by atoms with van der Waals surface area (Å²) in [4.78, 5) is 0. The van der Waals surface area contributed by atoms with Crippen LogP contribution in [0.5, 0.6) is 11.5 Å². The molecule has 1 aliphatic heterocycles. The first kappa shape index (κ1) is 10.2. The van der Waals surface area contributed by atoms with E-state index in [4.69, 9.17) is 20.3 Å². The van der Waals surface area contributed by atoms with Crippen LogP contribution >= 0.6 is 0 Å². The monoisotopic (exact) mass is 213 g/mol. The van der Waals surface area contributed by atoms with Crippen LogP contribution in [0.1, 0.15) is 18.0 Å². The Hall–Kier alpha value is -1.33. The first-order chi connectivity index (χ1) is 7.24. The lowest BCUT2D eigenvalue weighted by molar-refractivity contribution is 0.172. The van der Waals surface area contributed by atoms with Crippen LogP contribution in [-0.4, -0.2) is 18.5 Å². The summed E-state index contributed by atoms with van der Waals surface area (Å²) in [5.41, 5.74) is 6.02. The molecule has 1 unspecified atom stereocenters. The number of aliphatic hydroxyl groups excluding tert-OH is 1. The number of hydrogen-bond donors (Lipinski definition) is 2. The molecule has 0 amide bonds. The number of rotatable bonds is 3. The molecule has 0 bridgehead atoms. The van der Waals surface area contributed by atoms with Gasteiger partial charge in [0.05, 0.1) is 5.56 Å². The number of aliphatic hydroxyl groups is 1. The van der Waals surface area contributed by atoms with Gasteiger partial charge >= 0.3 is 0 Å². The Bertz CT molecular complexity index is 370. The number of nitrogens with two attached hydrogens (primary N) is 1. The summed E-state index contributed by atoms with van der Waals surface area (Å²) in [5, 5.41) is 8.76. The van der Waals surface area contributed by atoms with Crippen molar-refractivity contribution in [1.82, 2.24) is 0 Å².